The van der Waals surface area contributed by atoms with Gasteiger partial charge in [-0.1, -0.05) is 26.8 Å². The zero-order valence-corrected chi connectivity index (χ0v) is 21.5. The van der Waals surface area contributed by atoms with E-state index in [0.29, 0.717) is 18.7 Å². The third-order valence-electron chi connectivity index (χ3n) is 8.25. The van der Waals surface area contributed by atoms with Crippen LogP contribution in [0.15, 0.2) is 42.5 Å². The molecule has 1 saturated carbocycles. The number of carbonyl (C=O) groups excluding carboxylic acids is 3. The molecule has 35 heavy (non-hydrogen) atoms. The van der Waals surface area contributed by atoms with E-state index >= 15 is 0 Å². The SMILES string of the molecule is Cc1ccc2nc(-c3ccc(NC(=O)CCCN4C(=O)C5CCC(C)(C4=O)C5(C)C)cc3)sc2c1. The van der Waals surface area contributed by atoms with E-state index in [0.717, 1.165) is 33.6 Å². The van der Waals surface area contributed by atoms with Gasteiger partial charge in [0.05, 0.1) is 15.6 Å². The van der Waals surface area contributed by atoms with Crippen molar-refractivity contribution in [1.29, 1.82) is 0 Å². The molecule has 3 aromatic rings. The Labute approximate surface area is 209 Å². The quantitative estimate of drug-likeness (QED) is 0.444. The van der Waals surface area contributed by atoms with E-state index in [2.05, 4.69) is 24.4 Å². The summed E-state index contributed by atoms with van der Waals surface area (Å²) in [6.45, 7) is 8.43. The Morgan fingerprint density at radius 1 is 1.14 bits per heavy atom. The zero-order valence-electron chi connectivity index (χ0n) is 20.7. The van der Waals surface area contributed by atoms with Crippen molar-refractivity contribution in [3.05, 3.63) is 48.0 Å². The monoisotopic (exact) mass is 489 g/mol. The Bertz CT molecular complexity index is 1330. The predicted octanol–water partition coefficient (Wildman–Crippen LogP) is 5.80. The van der Waals surface area contributed by atoms with E-state index in [1.165, 1.54) is 10.5 Å². The first-order valence-electron chi connectivity index (χ1n) is 12.2. The van der Waals surface area contributed by atoms with Crippen molar-refractivity contribution < 1.29 is 14.4 Å². The topological polar surface area (TPSA) is 79.4 Å². The molecule has 182 valence electrons. The number of amides is 3. The molecule has 3 amide bonds. The van der Waals surface area contributed by atoms with Crippen molar-refractivity contribution >= 4 is 45.0 Å². The number of hydrogen-bond donors (Lipinski definition) is 1. The van der Waals surface area contributed by atoms with Gasteiger partial charge >= 0.3 is 0 Å². The Balaban J connectivity index is 1.17. The molecule has 1 aliphatic carbocycles. The first-order chi connectivity index (χ1) is 16.6. The fourth-order valence-electron chi connectivity index (χ4n) is 5.59. The minimum Gasteiger partial charge on any atom is -0.326 e. The summed E-state index contributed by atoms with van der Waals surface area (Å²) >= 11 is 1.66. The maximum atomic E-state index is 13.1. The number of nitrogens with zero attached hydrogens (tertiary/aromatic N) is 2. The molecule has 1 saturated heterocycles. The van der Waals surface area contributed by atoms with Gasteiger partial charge < -0.3 is 5.32 Å². The maximum absolute atomic E-state index is 13.1. The first-order valence-corrected chi connectivity index (χ1v) is 13.0. The van der Waals surface area contributed by atoms with Crippen LogP contribution < -0.4 is 5.32 Å². The van der Waals surface area contributed by atoms with Crippen molar-refractivity contribution in [2.45, 2.75) is 53.4 Å². The highest BCUT2D eigenvalue weighted by atomic mass is 32.1. The Hall–Kier alpha value is -3.06. The third kappa shape index (κ3) is 3.96. The molecule has 2 unspecified atom stereocenters. The molecule has 1 N–H and O–H groups in total. The fraction of sp³-hybridized carbons (Fsp3) is 0.429. The molecule has 2 heterocycles. The largest absolute Gasteiger partial charge is 0.326 e. The molecular weight excluding hydrogens is 458 g/mol. The number of fused-ring (bicyclic) bond motifs is 3. The van der Waals surface area contributed by atoms with Gasteiger partial charge in [0.1, 0.15) is 5.01 Å². The van der Waals surface area contributed by atoms with Gasteiger partial charge in [-0.25, -0.2) is 4.98 Å². The molecule has 2 bridgehead atoms. The molecule has 2 aliphatic rings. The first kappa shape index (κ1) is 23.7. The van der Waals surface area contributed by atoms with Crippen LogP contribution in [0.1, 0.15) is 52.0 Å². The number of thiazole rings is 1. The van der Waals surface area contributed by atoms with Gasteiger partial charge in [-0.15, -0.1) is 11.3 Å². The normalized spacial score (nSPS) is 23.2. The van der Waals surface area contributed by atoms with Crippen LogP contribution in [0, 0.1) is 23.7 Å². The molecule has 0 spiro atoms. The van der Waals surface area contributed by atoms with Crippen LogP contribution in [0.3, 0.4) is 0 Å². The van der Waals surface area contributed by atoms with Crippen LogP contribution >= 0.6 is 11.3 Å². The average Bonchev–Trinajstić information content (AvgIpc) is 3.31. The fourth-order valence-corrected chi connectivity index (χ4v) is 6.66. The molecule has 2 aromatic carbocycles. The van der Waals surface area contributed by atoms with Gasteiger partial charge in [0, 0.05) is 30.1 Å². The number of carbonyl (C=O) groups is 3. The van der Waals surface area contributed by atoms with Gasteiger partial charge in [0.15, 0.2) is 0 Å². The predicted molar refractivity (Wildman–Crippen MR) is 139 cm³/mol. The van der Waals surface area contributed by atoms with Crippen LogP contribution in [0.4, 0.5) is 5.69 Å². The number of aryl methyl sites for hydroxylation is 1. The lowest BCUT2D eigenvalue weighted by Crippen LogP contribution is -2.59. The molecule has 1 aromatic heterocycles. The highest BCUT2D eigenvalue weighted by Gasteiger charge is 2.64. The number of nitrogens with one attached hydrogen (secondary N) is 1. The summed E-state index contributed by atoms with van der Waals surface area (Å²) in [6.07, 6.45) is 2.22. The van der Waals surface area contributed by atoms with E-state index in [-0.39, 0.29) is 35.5 Å². The van der Waals surface area contributed by atoms with Crippen molar-refractivity contribution in [1.82, 2.24) is 9.88 Å². The van der Waals surface area contributed by atoms with E-state index < -0.39 is 5.41 Å². The van der Waals surface area contributed by atoms with E-state index in [4.69, 9.17) is 4.98 Å². The molecular formula is C28H31N3O3S. The number of likely N-dealkylation sites (tertiary alicyclic amines) is 1. The summed E-state index contributed by atoms with van der Waals surface area (Å²) < 4.78 is 1.16. The van der Waals surface area contributed by atoms with Crippen molar-refractivity contribution in [2.75, 3.05) is 11.9 Å². The van der Waals surface area contributed by atoms with Crippen LogP contribution in [-0.2, 0) is 14.4 Å². The minimum atomic E-state index is -0.502. The Morgan fingerprint density at radius 3 is 2.63 bits per heavy atom. The summed E-state index contributed by atoms with van der Waals surface area (Å²) in [4.78, 5) is 44.7. The lowest BCUT2D eigenvalue weighted by atomic mass is 9.62. The van der Waals surface area contributed by atoms with Crippen LogP contribution in [0.2, 0.25) is 0 Å². The van der Waals surface area contributed by atoms with Crippen LogP contribution in [0.25, 0.3) is 20.8 Å². The number of imide groups is 1. The van der Waals surface area contributed by atoms with Gasteiger partial charge in [-0.2, -0.15) is 0 Å². The maximum Gasteiger partial charge on any atom is 0.235 e. The van der Waals surface area contributed by atoms with E-state index in [1.54, 1.807) is 11.3 Å². The van der Waals surface area contributed by atoms with Gasteiger partial charge in [0.2, 0.25) is 17.7 Å². The van der Waals surface area contributed by atoms with Gasteiger partial charge in [0.25, 0.3) is 0 Å². The standard InChI is InChI=1S/C28H31N3O3S/c1-17-7-12-21-22(16-17)35-24(30-21)18-8-10-19(11-9-18)29-23(32)6-5-15-31-25(33)20-13-14-28(4,26(31)34)27(20,2)3/h7-12,16,20H,5-6,13-15H2,1-4H3,(H,29,32). The molecule has 2 fully saturated rings. The lowest BCUT2D eigenvalue weighted by Gasteiger charge is -2.47. The smallest absolute Gasteiger partial charge is 0.235 e. The summed E-state index contributed by atoms with van der Waals surface area (Å²) in [5.74, 6) is -0.394. The zero-order chi connectivity index (χ0) is 25.0. The van der Waals surface area contributed by atoms with Crippen molar-refractivity contribution in [3.8, 4) is 10.6 Å². The number of rotatable bonds is 6. The Kier molecular flexibility index (Phi) is 5.79. The molecule has 5 rings (SSSR count). The number of anilines is 1. The molecule has 1 aliphatic heterocycles. The van der Waals surface area contributed by atoms with Crippen molar-refractivity contribution in [3.63, 3.8) is 0 Å². The molecule has 2 atom stereocenters. The van der Waals surface area contributed by atoms with E-state index in [9.17, 15) is 14.4 Å². The minimum absolute atomic E-state index is 0.0732. The second-order valence-electron chi connectivity index (χ2n) is 10.7. The second-order valence-corrected chi connectivity index (χ2v) is 11.7. The number of aromatic nitrogens is 1. The number of piperidine rings is 1. The summed E-state index contributed by atoms with van der Waals surface area (Å²) in [5.41, 5.74) is 3.11. The van der Waals surface area contributed by atoms with Crippen LogP contribution in [-0.4, -0.2) is 34.2 Å². The molecule has 7 heteroatoms. The summed E-state index contributed by atoms with van der Waals surface area (Å²) in [7, 11) is 0. The van der Waals surface area contributed by atoms with Crippen LogP contribution in [0.5, 0.6) is 0 Å². The summed E-state index contributed by atoms with van der Waals surface area (Å²) in [6, 6.07) is 13.9. The summed E-state index contributed by atoms with van der Waals surface area (Å²) in [5, 5.41) is 3.87. The van der Waals surface area contributed by atoms with Crippen molar-refractivity contribution in [2.24, 2.45) is 16.7 Å². The third-order valence-corrected chi connectivity index (χ3v) is 9.32. The molecule has 6 nitrogen and oxygen atoms in total. The second kappa shape index (κ2) is 8.55. The lowest BCUT2D eigenvalue weighted by molar-refractivity contribution is -0.168. The number of benzene rings is 2. The highest BCUT2D eigenvalue weighted by Crippen LogP contribution is 2.60. The Morgan fingerprint density at radius 2 is 1.89 bits per heavy atom. The highest BCUT2D eigenvalue weighted by molar-refractivity contribution is 7.21. The number of hydrogen-bond acceptors (Lipinski definition) is 5. The van der Waals surface area contributed by atoms with E-state index in [1.807, 2.05) is 51.1 Å². The average molecular weight is 490 g/mol. The molecule has 0 radical (unpaired) electrons. The van der Waals surface area contributed by atoms with Gasteiger partial charge in [-0.05, 0) is 73.6 Å². The van der Waals surface area contributed by atoms with Gasteiger partial charge in [-0.3, -0.25) is 19.3 Å².